The summed E-state index contributed by atoms with van der Waals surface area (Å²) in [6.07, 6.45) is 0.612. The van der Waals surface area contributed by atoms with Crippen LogP contribution in [-0.4, -0.2) is 26.6 Å². The van der Waals surface area contributed by atoms with Crippen molar-refractivity contribution in [2.45, 2.75) is 32.3 Å². The highest BCUT2D eigenvalue weighted by atomic mass is 35.5. The van der Waals surface area contributed by atoms with E-state index >= 15 is 0 Å². The molecule has 0 aliphatic carbocycles. The summed E-state index contributed by atoms with van der Waals surface area (Å²) in [7, 11) is 0. The second kappa shape index (κ2) is 6.41. The molecule has 0 unspecified atom stereocenters. The molecular formula is C16H15ClN4O2S. The molecule has 0 saturated heterocycles. The summed E-state index contributed by atoms with van der Waals surface area (Å²) in [6, 6.07) is 7.04. The Morgan fingerprint density at radius 2 is 1.83 bits per heavy atom. The van der Waals surface area contributed by atoms with Crippen molar-refractivity contribution in [3.63, 3.8) is 0 Å². The van der Waals surface area contributed by atoms with Crippen molar-refractivity contribution in [2.75, 3.05) is 5.01 Å². The highest BCUT2D eigenvalue weighted by Crippen LogP contribution is 2.39. The van der Waals surface area contributed by atoms with E-state index in [1.807, 2.05) is 6.92 Å². The second-order valence-electron chi connectivity index (χ2n) is 5.24. The molecule has 1 aliphatic heterocycles. The summed E-state index contributed by atoms with van der Waals surface area (Å²) in [5.74, 6) is 0.292. The van der Waals surface area contributed by atoms with Crippen molar-refractivity contribution in [2.24, 2.45) is 0 Å². The molecule has 3 rings (SSSR count). The van der Waals surface area contributed by atoms with E-state index in [0.717, 1.165) is 5.56 Å². The van der Waals surface area contributed by atoms with E-state index in [9.17, 15) is 9.59 Å². The molecule has 1 aliphatic rings. The van der Waals surface area contributed by atoms with E-state index < -0.39 is 0 Å². The van der Waals surface area contributed by atoms with Crippen LogP contribution in [0, 0.1) is 0 Å². The summed E-state index contributed by atoms with van der Waals surface area (Å²) < 4.78 is 1.67. The molecule has 124 valence electrons. The number of benzene rings is 1. The summed E-state index contributed by atoms with van der Waals surface area (Å²) in [5.41, 5.74) is 1.26. The van der Waals surface area contributed by atoms with Crippen LogP contribution < -0.4 is 5.01 Å². The van der Waals surface area contributed by atoms with Crippen LogP contribution in [0.15, 0.2) is 34.3 Å². The molecule has 0 N–H and O–H groups in total. The minimum atomic E-state index is -0.227. The van der Waals surface area contributed by atoms with Crippen LogP contribution in [0.4, 0.5) is 0 Å². The molecule has 0 saturated carbocycles. The predicted octanol–water partition coefficient (Wildman–Crippen LogP) is 3.04. The van der Waals surface area contributed by atoms with Crippen molar-refractivity contribution in [1.82, 2.24) is 14.9 Å². The maximum absolute atomic E-state index is 12.4. The van der Waals surface area contributed by atoms with Gasteiger partial charge in [0.15, 0.2) is 11.6 Å². The molecular weight excluding hydrogens is 348 g/mol. The molecule has 0 spiro atoms. The average Bonchev–Trinajstić information content (AvgIpc) is 2.96. The number of hydrogen-bond donors (Lipinski definition) is 0. The van der Waals surface area contributed by atoms with Crippen LogP contribution in [0.5, 0.6) is 0 Å². The number of ketones is 1. The van der Waals surface area contributed by atoms with Crippen LogP contribution in [0.1, 0.15) is 32.2 Å². The summed E-state index contributed by atoms with van der Waals surface area (Å²) in [4.78, 5) is 25.1. The SMILES string of the molecule is CCc1nnc2n1N(C(C)=O)C(c1ccc(Cl)cc1)=C(C(C)=O)S2. The largest absolute Gasteiger partial charge is 0.294 e. The zero-order chi connectivity index (χ0) is 17.4. The van der Waals surface area contributed by atoms with Gasteiger partial charge in [0.25, 0.3) is 0 Å². The van der Waals surface area contributed by atoms with Gasteiger partial charge in [0.05, 0.1) is 10.6 Å². The van der Waals surface area contributed by atoms with Gasteiger partial charge < -0.3 is 0 Å². The molecule has 0 radical (unpaired) electrons. The fourth-order valence-electron chi connectivity index (χ4n) is 2.51. The number of fused-ring (bicyclic) bond motifs is 1. The zero-order valence-corrected chi connectivity index (χ0v) is 15.0. The van der Waals surface area contributed by atoms with E-state index in [1.54, 1.807) is 28.9 Å². The van der Waals surface area contributed by atoms with Crippen molar-refractivity contribution >= 4 is 40.8 Å². The topological polar surface area (TPSA) is 68.1 Å². The number of halogens is 1. The Morgan fingerprint density at radius 1 is 1.17 bits per heavy atom. The lowest BCUT2D eigenvalue weighted by Gasteiger charge is -2.32. The van der Waals surface area contributed by atoms with Crippen molar-refractivity contribution in [3.05, 3.63) is 45.6 Å². The monoisotopic (exact) mass is 362 g/mol. The van der Waals surface area contributed by atoms with Crippen LogP contribution in [0.25, 0.3) is 5.70 Å². The van der Waals surface area contributed by atoms with Crippen LogP contribution in [0.3, 0.4) is 0 Å². The van der Waals surface area contributed by atoms with Gasteiger partial charge in [-0.25, -0.2) is 9.69 Å². The second-order valence-corrected chi connectivity index (χ2v) is 6.65. The Kier molecular flexibility index (Phi) is 4.47. The van der Waals surface area contributed by atoms with E-state index in [4.69, 9.17) is 11.6 Å². The molecule has 6 nitrogen and oxygen atoms in total. The van der Waals surface area contributed by atoms with Gasteiger partial charge in [-0.1, -0.05) is 30.7 Å². The van der Waals surface area contributed by atoms with Gasteiger partial charge in [0.2, 0.25) is 11.1 Å². The van der Waals surface area contributed by atoms with E-state index in [0.29, 0.717) is 33.0 Å². The number of Topliss-reactive ketones (excluding diaryl/α,β-unsaturated/α-hetero) is 1. The molecule has 24 heavy (non-hydrogen) atoms. The maximum atomic E-state index is 12.4. The Labute approximate surface area is 148 Å². The van der Waals surface area contributed by atoms with Gasteiger partial charge in [0.1, 0.15) is 0 Å². The molecule has 1 amide bonds. The lowest BCUT2D eigenvalue weighted by atomic mass is 10.1. The van der Waals surface area contributed by atoms with Crippen LogP contribution >= 0.6 is 23.4 Å². The van der Waals surface area contributed by atoms with Gasteiger partial charge in [-0.15, -0.1) is 10.2 Å². The third-order valence-corrected chi connectivity index (χ3v) is 4.92. The van der Waals surface area contributed by atoms with E-state index in [-0.39, 0.29) is 11.7 Å². The molecule has 2 aromatic rings. The molecule has 0 fully saturated rings. The summed E-state index contributed by atoms with van der Waals surface area (Å²) >= 11 is 7.19. The summed E-state index contributed by atoms with van der Waals surface area (Å²) in [5, 5.41) is 10.8. The maximum Gasteiger partial charge on any atom is 0.243 e. The van der Waals surface area contributed by atoms with E-state index in [1.165, 1.54) is 30.6 Å². The quantitative estimate of drug-likeness (QED) is 0.839. The molecule has 8 heteroatoms. The van der Waals surface area contributed by atoms with Crippen molar-refractivity contribution in [1.29, 1.82) is 0 Å². The third kappa shape index (κ3) is 2.74. The Bertz CT molecular complexity index is 857. The highest BCUT2D eigenvalue weighted by molar-refractivity contribution is 8.04. The number of nitrogens with zero attached hydrogens (tertiary/aromatic N) is 4. The first-order valence-corrected chi connectivity index (χ1v) is 8.57. The number of rotatable bonds is 3. The zero-order valence-electron chi connectivity index (χ0n) is 13.4. The van der Waals surface area contributed by atoms with Gasteiger partial charge in [0, 0.05) is 23.9 Å². The third-order valence-electron chi connectivity index (χ3n) is 3.55. The number of allylic oxidation sites excluding steroid dienone is 1. The van der Waals surface area contributed by atoms with Crippen molar-refractivity contribution in [3.8, 4) is 0 Å². The Hall–Kier alpha value is -2.12. The molecule has 0 atom stereocenters. The first-order valence-electron chi connectivity index (χ1n) is 7.38. The predicted molar refractivity (Wildman–Crippen MR) is 93.2 cm³/mol. The average molecular weight is 363 g/mol. The number of aromatic nitrogens is 3. The van der Waals surface area contributed by atoms with Crippen LogP contribution in [-0.2, 0) is 16.0 Å². The molecule has 1 aromatic heterocycles. The summed E-state index contributed by atoms with van der Waals surface area (Å²) in [6.45, 7) is 4.86. The van der Waals surface area contributed by atoms with Gasteiger partial charge in [-0.05, 0) is 30.8 Å². The normalized spacial score (nSPS) is 13.9. The first-order chi connectivity index (χ1) is 11.4. The number of hydrogen-bond acceptors (Lipinski definition) is 5. The lowest BCUT2D eigenvalue weighted by molar-refractivity contribution is -0.117. The number of carbonyl (C=O) groups excluding carboxylic acids is 2. The fourth-order valence-corrected chi connectivity index (χ4v) is 3.62. The van der Waals surface area contributed by atoms with Crippen molar-refractivity contribution < 1.29 is 9.59 Å². The Balaban J connectivity index is 2.28. The smallest absolute Gasteiger partial charge is 0.243 e. The number of aryl methyl sites for hydroxylation is 1. The van der Waals surface area contributed by atoms with Crippen LogP contribution in [0.2, 0.25) is 5.02 Å². The minimum Gasteiger partial charge on any atom is -0.294 e. The first kappa shape index (κ1) is 16.7. The Morgan fingerprint density at radius 3 is 2.38 bits per heavy atom. The number of thioether (sulfide) groups is 1. The van der Waals surface area contributed by atoms with Gasteiger partial charge in [-0.3, -0.25) is 9.59 Å². The van der Waals surface area contributed by atoms with Gasteiger partial charge >= 0.3 is 0 Å². The standard InChI is InChI=1S/C16H15ClN4O2S/c1-4-13-18-19-16-21(13)20(10(3)23)14(15(24-16)9(2)22)11-5-7-12(17)8-6-11/h5-8H,4H2,1-3H3. The fraction of sp³-hybridized carbons (Fsp3) is 0.250. The van der Waals surface area contributed by atoms with E-state index in [2.05, 4.69) is 10.2 Å². The number of carbonyl (C=O) groups is 2. The lowest BCUT2D eigenvalue weighted by Crippen LogP contribution is -2.41. The highest BCUT2D eigenvalue weighted by Gasteiger charge is 2.34. The minimum absolute atomic E-state index is 0.136. The molecule has 1 aromatic carbocycles. The number of amides is 1. The van der Waals surface area contributed by atoms with Gasteiger partial charge in [-0.2, -0.15) is 0 Å². The molecule has 0 bridgehead atoms. The molecule has 2 heterocycles.